The molecule has 0 radical (unpaired) electrons. The number of hydrogen-bond acceptors (Lipinski definition) is 4. The first-order valence-corrected chi connectivity index (χ1v) is 7.71. The summed E-state index contributed by atoms with van der Waals surface area (Å²) in [5.41, 5.74) is 3.14. The molecule has 0 fully saturated rings. The number of carbonyl (C=O) groups excluding carboxylic acids is 1. The van der Waals surface area contributed by atoms with Gasteiger partial charge in [-0.05, 0) is 43.5 Å². The minimum Gasteiger partial charge on any atom is -0.479 e. The van der Waals surface area contributed by atoms with Crippen molar-refractivity contribution in [3.05, 3.63) is 52.9 Å². The molecule has 0 aliphatic heterocycles. The Labute approximate surface area is 139 Å². The zero-order valence-corrected chi connectivity index (χ0v) is 13.5. The summed E-state index contributed by atoms with van der Waals surface area (Å²) in [5.74, 6) is -0.565. The molecule has 2 aromatic rings. The van der Waals surface area contributed by atoms with Gasteiger partial charge in [0.2, 0.25) is 0 Å². The topological polar surface area (TPSA) is 81.4 Å². The van der Waals surface area contributed by atoms with Crippen molar-refractivity contribution in [3.8, 4) is 5.75 Å². The second kappa shape index (κ2) is 6.31. The SMILES string of the molecule is C[C@H](Oc1cccc(/C=C2/CCc3c(cnn3C)C2=O)c1)C(=O)O. The van der Waals surface area contributed by atoms with Crippen LogP contribution in [0.5, 0.6) is 5.75 Å². The van der Waals surface area contributed by atoms with Crippen molar-refractivity contribution in [1.82, 2.24) is 9.78 Å². The Morgan fingerprint density at radius 2 is 2.21 bits per heavy atom. The van der Waals surface area contributed by atoms with Crippen molar-refractivity contribution in [2.24, 2.45) is 7.05 Å². The number of rotatable bonds is 4. The van der Waals surface area contributed by atoms with E-state index < -0.39 is 12.1 Å². The summed E-state index contributed by atoms with van der Waals surface area (Å²) in [4.78, 5) is 23.4. The summed E-state index contributed by atoms with van der Waals surface area (Å²) < 4.78 is 7.11. The largest absolute Gasteiger partial charge is 0.479 e. The standard InChI is InChI=1S/C18H18N2O4/c1-11(18(22)23)24-14-5-3-4-12(9-14)8-13-6-7-16-15(17(13)21)10-19-20(16)2/h3-5,8-11H,6-7H2,1-2H3,(H,22,23)/b13-8-/t11-/m0/s1. The van der Waals surface area contributed by atoms with E-state index in [1.807, 2.05) is 19.2 Å². The third-order valence-corrected chi connectivity index (χ3v) is 4.09. The van der Waals surface area contributed by atoms with Gasteiger partial charge in [0.15, 0.2) is 11.9 Å². The van der Waals surface area contributed by atoms with Gasteiger partial charge in [-0.1, -0.05) is 12.1 Å². The average Bonchev–Trinajstić information content (AvgIpc) is 2.92. The van der Waals surface area contributed by atoms with E-state index in [2.05, 4.69) is 5.10 Å². The predicted molar refractivity (Wildman–Crippen MR) is 88.0 cm³/mol. The highest BCUT2D eigenvalue weighted by Gasteiger charge is 2.24. The lowest BCUT2D eigenvalue weighted by molar-refractivity contribution is -0.144. The Morgan fingerprint density at radius 1 is 1.42 bits per heavy atom. The molecule has 1 aliphatic carbocycles. The molecule has 3 rings (SSSR count). The van der Waals surface area contributed by atoms with Gasteiger partial charge in [0.05, 0.1) is 11.8 Å². The van der Waals surface area contributed by atoms with E-state index in [4.69, 9.17) is 9.84 Å². The number of aliphatic carboxylic acids is 1. The van der Waals surface area contributed by atoms with Crippen LogP contribution in [0.25, 0.3) is 6.08 Å². The smallest absolute Gasteiger partial charge is 0.344 e. The maximum atomic E-state index is 12.6. The molecule has 0 amide bonds. The second-order valence-electron chi connectivity index (χ2n) is 5.80. The molecule has 1 N–H and O–H groups in total. The number of Topliss-reactive ketones (excluding diaryl/α,β-unsaturated/α-hetero) is 1. The summed E-state index contributed by atoms with van der Waals surface area (Å²) in [6, 6.07) is 7.07. The fourth-order valence-corrected chi connectivity index (χ4v) is 2.76. The Balaban J connectivity index is 1.84. The fourth-order valence-electron chi connectivity index (χ4n) is 2.76. The van der Waals surface area contributed by atoms with E-state index in [9.17, 15) is 9.59 Å². The number of hydrogen-bond donors (Lipinski definition) is 1. The number of carbonyl (C=O) groups is 2. The van der Waals surface area contributed by atoms with E-state index in [1.165, 1.54) is 6.92 Å². The fraction of sp³-hybridized carbons (Fsp3) is 0.278. The van der Waals surface area contributed by atoms with E-state index >= 15 is 0 Å². The van der Waals surface area contributed by atoms with Crippen LogP contribution in [0.1, 0.15) is 35.0 Å². The molecule has 1 heterocycles. The molecule has 6 heteroatoms. The number of ketones is 1. The van der Waals surface area contributed by atoms with Crippen molar-refractivity contribution in [1.29, 1.82) is 0 Å². The van der Waals surface area contributed by atoms with Gasteiger partial charge in [0.1, 0.15) is 5.75 Å². The van der Waals surface area contributed by atoms with E-state index in [0.29, 0.717) is 17.7 Å². The quantitative estimate of drug-likeness (QED) is 0.873. The Bertz CT molecular complexity index is 835. The minimum atomic E-state index is -1.02. The van der Waals surface area contributed by atoms with Gasteiger partial charge in [0.25, 0.3) is 0 Å². The molecular formula is C18H18N2O4. The van der Waals surface area contributed by atoms with E-state index in [-0.39, 0.29) is 5.78 Å². The maximum Gasteiger partial charge on any atom is 0.344 e. The number of allylic oxidation sites excluding steroid dienone is 1. The summed E-state index contributed by atoms with van der Waals surface area (Å²) in [5, 5.41) is 13.1. The van der Waals surface area contributed by atoms with Gasteiger partial charge in [-0.2, -0.15) is 5.10 Å². The Hall–Kier alpha value is -2.89. The summed E-state index contributed by atoms with van der Waals surface area (Å²) in [6.07, 6.45) is 3.94. The lowest BCUT2D eigenvalue weighted by atomic mass is 9.90. The number of benzene rings is 1. The molecule has 0 unspecified atom stereocenters. The summed E-state index contributed by atoms with van der Waals surface area (Å²) in [7, 11) is 1.84. The molecule has 6 nitrogen and oxygen atoms in total. The van der Waals surface area contributed by atoms with Gasteiger partial charge in [-0.15, -0.1) is 0 Å². The molecule has 0 spiro atoms. The zero-order valence-electron chi connectivity index (χ0n) is 13.5. The van der Waals surface area contributed by atoms with E-state index in [0.717, 1.165) is 23.3 Å². The first-order valence-electron chi connectivity index (χ1n) is 7.71. The molecular weight excluding hydrogens is 308 g/mol. The third kappa shape index (κ3) is 3.08. The third-order valence-electron chi connectivity index (χ3n) is 4.09. The lowest BCUT2D eigenvalue weighted by Gasteiger charge is -2.15. The number of carboxylic acid groups (broad SMARTS) is 1. The average molecular weight is 326 g/mol. The number of fused-ring (bicyclic) bond motifs is 1. The summed E-state index contributed by atoms with van der Waals surface area (Å²) in [6.45, 7) is 1.47. The van der Waals surface area contributed by atoms with Crippen LogP contribution < -0.4 is 4.74 Å². The predicted octanol–water partition coefficient (Wildman–Crippen LogP) is 2.48. The summed E-state index contributed by atoms with van der Waals surface area (Å²) >= 11 is 0. The van der Waals surface area contributed by atoms with Crippen LogP contribution in [0.2, 0.25) is 0 Å². The first kappa shape index (κ1) is 16.0. The first-order chi connectivity index (χ1) is 11.5. The molecule has 0 saturated carbocycles. The molecule has 1 aromatic carbocycles. The normalized spacial score (nSPS) is 16.8. The highest BCUT2D eigenvalue weighted by molar-refractivity contribution is 6.12. The highest BCUT2D eigenvalue weighted by Crippen LogP contribution is 2.27. The van der Waals surface area contributed by atoms with Crippen LogP contribution in [-0.4, -0.2) is 32.7 Å². The van der Waals surface area contributed by atoms with Gasteiger partial charge in [-0.3, -0.25) is 9.48 Å². The Kier molecular flexibility index (Phi) is 4.20. The molecule has 0 bridgehead atoms. The van der Waals surface area contributed by atoms with Crippen molar-refractivity contribution >= 4 is 17.8 Å². The monoisotopic (exact) mass is 326 g/mol. The van der Waals surface area contributed by atoms with Gasteiger partial charge in [-0.25, -0.2) is 4.79 Å². The van der Waals surface area contributed by atoms with Crippen molar-refractivity contribution in [3.63, 3.8) is 0 Å². The zero-order chi connectivity index (χ0) is 17.3. The van der Waals surface area contributed by atoms with Crippen molar-refractivity contribution in [2.45, 2.75) is 25.9 Å². The number of nitrogens with zero attached hydrogens (tertiary/aromatic N) is 2. The minimum absolute atomic E-state index is 0.00502. The maximum absolute atomic E-state index is 12.6. The molecule has 1 aromatic heterocycles. The molecule has 124 valence electrons. The van der Waals surface area contributed by atoms with Crippen molar-refractivity contribution < 1.29 is 19.4 Å². The number of aromatic nitrogens is 2. The van der Waals surface area contributed by atoms with Crippen LogP contribution in [0, 0.1) is 0 Å². The van der Waals surface area contributed by atoms with Crippen LogP contribution >= 0.6 is 0 Å². The van der Waals surface area contributed by atoms with Gasteiger partial charge < -0.3 is 9.84 Å². The molecule has 1 aliphatic rings. The van der Waals surface area contributed by atoms with Crippen molar-refractivity contribution in [2.75, 3.05) is 0 Å². The highest BCUT2D eigenvalue weighted by atomic mass is 16.5. The number of carboxylic acids is 1. The lowest BCUT2D eigenvalue weighted by Crippen LogP contribution is -2.22. The number of aryl methyl sites for hydroxylation is 1. The van der Waals surface area contributed by atoms with Crippen LogP contribution in [0.15, 0.2) is 36.0 Å². The van der Waals surface area contributed by atoms with Crippen LogP contribution in [-0.2, 0) is 18.3 Å². The van der Waals surface area contributed by atoms with Crippen LogP contribution in [0.3, 0.4) is 0 Å². The van der Waals surface area contributed by atoms with Gasteiger partial charge in [0, 0.05) is 18.3 Å². The molecule has 0 saturated heterocycles. The number of ether oxygens (including phenoxy) is 1. The van der Waals surface area contributed by atoms with E-state index in [1.54, 1.807) is 29.1 Å². The molecule has 24 heavy (non-hydrogen) atoms. The molecule has 1 atom stereocenters. The van der Waals surface area contributed by atoms with Crippen LogP contribution in [0.4, 0.5) is 0 Å². The van der Waals surface area contributed by atoms with Gasteiger partial charge >= 0.3 is 5.97 Å². The Morgan fingerprint density at radius 3 is 2.96 bits per heavy atom. The second-order valence-corrected chi connectivity index (χ2v) is 5.80.